The molecule has 1 fully saturated rings. The summed E-state index contributed by atoms with van der Waals surface area (Å²) in [6.45, 7) is 1.70. The third kappa shape index (κ3) is 5.34. The van der Waals surface area contributed by atoms with E-state index in [9.17, 15) is 9.59 Å². The van der Waals surface area contributed by atoms with Crippen LogP contribution >= 0.6 is 23.2 Å². The van der Waals surface area contributed by atoms with Crippen molar-refractivity contribution in [2.75, 3.05) is 33.4 Å². The van der Waals surface area contributed by atoms with Gasteiger partial charge in [-0.1, -0.05) is 29.3 Å². The van der Waals surface area contributed by atoms with Crippen molar-refractivity contribution in [2.45, 2.75) is 18.9 Å². The Hall–Kier alpha value is -1.34. The fourth-order valence-corrected chi connectivity index (χ4v) is 3.08. The molecule has 0 aromatic heterocycles. The first kappa shape index (κ1) is 19.0. The molecular formula is C16H21Cl2N3O3. The van der Waals surface area contributed by atoms with E-state index in [2.05, 4.69) is 10.6 Å². The van der Waals surface area contributed by atoms with Crippen molar-refractivity contribution in [1.29, 1.82) is 0 Å². The number of carbonyl (C=O) groups excluding carboxylic acids is 2. The average molecular weight is 374 g/mol. The van der Waals surface area contributed by atoms with E-state index in [1.54, 1.807) is 13.2 Å². The lowest BCUT2D eigenvalue weighted by Gasteiger charge is -2.24. The van der Waals surface area contributed by atoms with Gasteiger partial charge in [-0.3, -0.25) is 15.0 Å². The van der Waals surface area contributed by atoms with E-state index in [1.165, 1.54) is 0 Å². The summed E-state index contributed by atoms with van der Waals surface area (Å²) >= 11 is 12.0. The van der Waals surface area contributed by atoms with E-state index < -0.39 is 6.03 Å². The Morgan fingerprint density at radius 3 is 2.83 bits per heavy atom. The fourth-order valence-electron chi connectivity index (χ4n) is 2.77. The second-order valence-electron chi connectivity index (χ2n) is 5.60. The molecule has 1 heterocycles. The lowest BCUT2D eigenvalue weighted by molar-refractivity contribution is -0.121. The molecule has 1 aliphatic heterocycles. The average Bonchev–Trinajstić information content (AvgIpc) is 2.98. The molecule has 132 valence electrons. The number of halogens is 2. The number of likely N-dealkylation sites (tertiary alicyclic amines) is 1. The van der Waals surface area contributed by atoms with Gasteiger partial charge >= 0.3 is 6.03 Å². The zero-order valence-electron chi connectivity index (χ0n) is 13.5. The van der Waals surface area contributed by atoms with Gasteiger partial charge in [0.05, 0.1) is 23.2 Å². The van der Waals surface area contributed by atoms with Crippen LogP contribution in [0.4, 0.5) is 4.79 Å². The Balaban J connectivity index is 1.89. The summed E-state index contributed by atoms with van der Waals surface area (Å²) in [5.41, 5.74) is 1.03. The quantitative estimate of drug-likeness (QED) is 0.751. The van der Waals surface area contributed by atoms with Crippen molar-refractivity contribution < 1.29 is 14.3 Å². The molecule has 1 aromatic carbocycles. The third-order valence-corrected chi connectivity index (χ3v) is 4.62. The molecule has 0 aliphatic carbocycles. The summed E-state index contributed by atoms with van der Waals surface area (Å²) in [4.78, 5) is 25.7. The molecule has 1 saturated heterocycles. The van der Waals surface area contributed by atoms with E-state index >= 15 is 0 Å². The predicted molar refractivity (Wildman–Crippen MR) is 93.4 cm³/mol. The molecule has 1 unspecified atom stereocenters. The van der Waals surface area contributed by atoms with Gasteiger partial charge in [-0.05, 0) is 37.1 Å². The molecule has 1 atom stereocenters. The summed E-state index contributed by atoms with van der Waals surface area (Å²) in [6, 6.07) is 5.11. The minimum absolute atomic E-state index is 0.0991. The zero-order chi connectivity index (χ0) is 17.5. The van der Waals surface area contributed by atoms with E-state index in [0.29, 0.717) is 23.2 Å². The number of benzene rings is 1. The highest BCUT2D eigenvalue weighted by Crippen LogP contribution is 2.34. The minimum Gasteiger partial charge on any atom is -0.383 e. The number of rotatable bonds is 6. The van der Waals surface area contributed by atoms with Gasteiger partial charge in [0.2, 0.25) is 5.91 Å². The van der Waals surface area contributed by atoms with Crippen molar-refractivity contribution in [1.82, 2.24) is 15.5 Å². The van der Waals surface area contributed by atoms with Crippen LogP contribution in [0.1, 0.15) is 24.4 Å². The Morgan fingerprint density at radius 2 is 2.12 bits per heavy atom. The van der Waals surface area contributed by atoms with Crippen molar-refractivity contribution in [2.24, 2.45) is 0 Å². The third-order valence-electron chi connectivity index (χ3n) is 3.88. The lowest BCUT2D eigenvalue weighted by Crippen LogP contribution is -2.45. The molecule has 0 bridgehead atoms. The van der Waals surface area contributed by atoms with Gasteiger partial charge in [0.15, 0.2) is 0 Å². The van der Waals surface area contributed by atoms with Crippen molar-refractivity contribution in [3.05, 3.63) is 33.8 Å². The molecule has 0 saturated carbocycles. The molecular weight excluding hydrogens is 353 g/mol. The molecule has 2 rings (SSSR count). The van der Waals surface area contributed by atoms with Crippen LogP contribution < -0.4 is 10.6 Å². The van der Waals surface area contributed by atoms with E-state index in [0.717, 1.165) is 24.9 Å². The van der Waals surface area contributed by atoms with Crippen LogP contribution in [-0.4, -0.2) is 50.2 Å². The monoisotopic (exact) mass is 373 g/mol. The van der Waals surface area contributed by atoms with Crippen LogP contribution in [0.3, 0.4) is 0 Å². The summed E-state index contributed by atoms with van der Waals surface area (Å²) in [7, 11) is 1.54. The first-order chi connectivity index (χ1) is 11.5. The van der Waals surface area contributed by atoms with Crippen LogP contribution in [-0.2, 0) is 9.53 Å². The lowest BCUT2D eigenvalue weighted by atomic mass is 10.0. The van der Waals surface area contributed by atoms with Crippen LogP contribution in [0.2, 0.25) is 10.0 Å². The first-order valence-corrected chi connectivity index (χ1v) is 8.52. The van der Waals surface area contributed by atoms with Gasteiger partial charge in [-0.25, -0.2) is 4.79 Å². The molecule has 0 radical (unpaired) electrons. The van der Waals surface area contributed by atoms with E-state index in [4.69, 9.17) is 27.9 Å². The second-order valence-corrected chi connectivity index (χ2v) is 6.41. The molecule has 24 heavy (non-hydrogen) atoms. The van der Waals surface area contributed by atoms with E-state index in [1.807, 2.05) is 17.0 Å². The Bertz CT molecular complexity index is 598. The van der Waals surface area contributed by atoms with Gasteiger partial charge < -0.3 is 10.1 Å². The maximum Gasteiger partial charge on any atom is 0.321 e. The van der Waals surface area contributed by atoms with E-state index in [-0.39, 0.29) is 18.5 Å². The van der Waals surface area contributed by atoms with Crippen LogP contribution in [0, 0.1) is 0 Å². The summed E-state index contributed by atoms with van der Waals surface area (Å²) in [5, 5.41) is 5.89. The van der Waals surface area contributed by atoms with Crippen molar-refractivity contribution in [3.63, 3.8) is 0 Å². The SMILES string of the molecule is COCCNC(=O)NC(=O)CN1CCCC1c1ccc(Cl)c(Cl)c1. The standard InChI is InChI=1S/C16H21Cl2N3O3/c1-24-8-6-19-16(23)20-15(22)10-21-7-2-3-14(21)11-4-5-12(17)13(18)9-11/h4-5,9,14H,2-3,6-8,10H2,1H3,(H2,19,20,22,23). The highest BCUT2D eigenvalue weighted by atomic mass is 35.5. The van der Waals surface area contributed by atoms with Crippen LogP contribution in [0.15, 0.2) is 18.2 Å². The van der Waals surface area contributed by atoms with Gasteiger partial charge in [0, 0.05) is 19.7 Å². The molecule has 2 N–H and O–H groups in total. The first-order valence-electron chi connectivity index (χ1n) is 7.77. The maximum atomic E-state index is 12.0. The topological polar surface area (TPSA) is 70.7 Å². The summed E-state index contributed by atoms with van der Waals surface area (Å²) < 4.78 is 4.83. The summed E-state index contributed by atoms with van der Waals surface area (Å²) in [6.07, 6.45) is 1.92. The van der Waals surface area contributed by atoms with Gasteiger partial charge in [0.25, 0.3) is 0 Å². The number of hydrogen-bond donors (Lipinski definition) is 2. The molecule has 6 nitrogen and oxygen atoms in total. The summed E-state index contributed by atoms with van der Waals surface area (Å²) in [5.74, 6) is -0.336. The molecule has 8 heteroatoms. The molecule has 3 amide bonds. The van der Waals surface area contributed by atoms with Gasteiger partial charge in [-0.15, -0.1) is 0 Å². The van der Waals surface area contributed by atoms with Crippen molar-refractivity contribution in [3.8, 4) is 0 Å². The molecule has 0 spiro atoms. The Labute approximate surface area is 151 Å². The fraction of sp³-hybridized carbons (Fsp3) is 0.500. The van der Waals surface area contributed by atoms with Crippen molar-refractivity contribution >= 4 is 35.1 Å². The van der Waals surface area contributed by atoms with Gasteiger partial charge in [-0.2, -0.15) is 0 Å². The normalized spacial score (nSPS) is 17.7. The Morgan fingerprint density at radius 1 is 1.33 bits per heavy atom. The minimum atomic E-state index is -0.512. The zero-order valence-corrected chi connectivity index (χ0v) is 15.0. The number of nitrogens with one attached hydrogen (secondary N) is 2. The van der Waals surface area contributed by atoms with Crippen LogP contribution in [0.5, 0.6) is 0 Å². The number of hydrogen-bond acceptors (Lipinski definition) is 4. The number of imide groups is 1. The molecule has 1 aliphatic rings. The smallest absolute Gasteiger partial charge is 0.321 e. The number of amides is 3. The highest BCUT2D eigenvalue weighted by Gasteiger charge is 2.28. The predicted octanol–water partition coefficient (Wildman–Crippen LogP) is 2.60. The highest BCUT2D eigenvalue weighted by molar-refractivity contribution is 6.42. The second kappa shape index (κ2) is 9.22. The largest absolute Gasteiger partial charge is 0.383 e. The number of carbonyl (C=O) groups is 2. The van der Waals surface area contributed by atoms with Crippen LogP contribution in [0.25, 0.3) is 0 Å². The Kier molecular flexibility index (Phi) is 7.30. The maximum absolute atomic E-state index is 12.0. The molecule has 1 aromatic rings. The number of nitrogens with zero attached hydrogens (tertiary/aromatic N) is 1. The van der Waals surface area contributed by atoms with Gasteiger partial charge in [0.1, 0.15) is 0 Å². The number of methoxy groups -OCH3 is 1. The number of ether oxygens (including phenoxy) is 1. The number of urea groups is 1.